The molecule has 14 heavy (non-hydrogen) atoms. The summed E-state index contributed by atoms with van der Waals surface area (Å²) in [6.07, 6.45) is -0.292. The molecular formula is C9H16O5. The number of hydrogen-bond donors (Lipinski definition) is 3. The molecule has 0 aliphatic rings. The summed E-state index contributed by atoms with van der Waals surface area (Å²) in [5.74, 6) is -0.688. The Morgan fingerprint density at radius 2 is 2.14 bits per heavy atom. The van der Waals surface area contributed by atoms with Crippen molar-refractivity contribution in [1.82, 2.24) is 0 Å². The average molecular weight is 204 g/mol. The normalized spacial score (nSPS) is 14.5. The van der Waals surface area contributed by atoms with E-state index in [2.05, 4.69) is 11.3 Å². The number of hydrogen-bond acceptors (Lipinski definition) is 5. The van der Waals surface area contributed by atoms with Gasteiger partial charge in [-0.15, -0.1) is 0 Å². The van der Waals surface area contributed by atoms with Crippen LogP contribution in [0.3, 0.4) is 0 Å². The SMILES string of the molecule is C=CC(=O)OC(CO)C(O)CCCO. The maximum absolute atomic E-state index is 10.7. The summed E-state index contributed by atoms with van der Waals surface area (Å²) in [6, 6.07) is 0. The van der Waals surface area contributed by atoms with E-state index >= 15 is 0 Å². The molecule has 0 aliphatic carbocycles. The molecule has 0 aromatic rings. The zero-order valence-corrected chi connectivity index (χ0v) is 7.93. The van der Waals surface area contributed by atoms with E-state index < -0.39 is 24.8 Å². The molecule has 0 amide bonds. The Hall–Kier alpha value is -0.910. The molecule has 5 nitrogen and oxygen atoms in total. The molecule has 0 bridgehead atoms. The molecule has 0 aliphatic heterocycles. The topological polar surface area (TPSA) is 87.0 Å². The van der Waals surface area contributed by atoms with Gasteiger partial charge in [-0.05, 0) is 12.8 Å². The van der Waals surface area contributed by atoms with Gasteiger partial charge in [0.15, 0.2) is 6.10 Å². The molecule has 2 unspecified atom stereocenters. The lowest BCUT2D eigenvalue weighted by molar-refractivity contribution is -0.152. The van der Waals surface area contributed by atoms with Crippen molar-refractivity contribution in [3.63, 3.8) is 0 Å². The summed E-state index contributed by atoms with van der Waals surface area (Å²) in [7, 11) is 0. The zero-order valence-electron chi connectivity index (χ0n) is 7.93. The molecule has 2 atom stereocenters. The van der Waals surface area contributed by atoms with Crippen molar-refractivity contribution in [2.24, 2.45) is 0 Å². The fourth-order valence-electron chi connectivity index (χ4n) is 0.921. The van der Waals surface area contributed by atoms with E-state index in [4.69, 9.17) is 10.2 Å². The van der Waals surface area contributed by atoms with E-state index in [1.807, 2.05) is 0 Å². The lowest BCUT2D eigenvalue weighted by atomic mass is 10.1. The molecule has 5 heteroatoms. The summed E-state index contributed by atoms with van der Waals surface area (Å²) >= 11 is 0. The summed E-state index contributed by atoms with van der Waals surface area (Å²) in [6.45, 7) is 2.69. The number of esters is 1. The molecule has 0 fully saturated rings. The zero-order chi connectivity index (χ0) is 11.0. The highest BCUT2D eigenvalue weighted by molar-refractivity contribution is 5.81. The predicted molar refractivity (Wildman–Crippen MR) is 49.5 cm³/mol. The summed E-state index contributed by atoms with van der Waals surface area (Å²) in [5.41, 5.74) is 0. The summed E-state index contributed by atoms with van der Waals surface area (Å²) < 4.78 is 4.67. The molecule has 82 valence electrons. The van der Waals surface area contributed by atoms with Crippen LogP contribution in [0.1, 0.15) is 12.8 Å². The smallest absolute Gasteiger partial charge is 0.330 e. The van der Waals surface area contributed by atoms with Crippen molar-refractivity contribution < 1.29 is 24.9 Å². The van der Waals surface area contributed by atoms with Gasteiger partial charge in [0.25, 0.3) is 0 Å². The molecule has 0 spiro atoms. The maximum atomic E-state index is 10.7. The first-order chi connectivity index (χ1) is 6.65. The highest BCUT2D eigenvalue weighted by Gasteiger charge is 2.20. The Labute approximate surface area is 82.6 Å². The number of aliphatic hydroxyl groups excluding tert-OH is 3. The molecular weight excluding hydrogens is 188 g/mol. The first kappa shape index (κ1) is 13.1. The average Bonchev–Trinajstić information content (AvgIpc) is 2.21. The van der Waals surface area contributed by atoms with Gasteiger partial charge in [0.05, 0.1) is 12.7 Å². The predicted octanol–water partition coefficient (Wildman–Crippen LogP) is -0.790. The quantitative estimate of drug-likeness (QED) is 0.373. The fourth-order valence-corrected chi connectivity index (χ4v) is 0.921. The van der Waals surface area contributed by atoms with Crippen LogP contribution in [0.5, 0.6) is 0 Å². The van der Waals surface area contributed by atoms with Gasteiger partial charge < -0.3 is 20.1 Å². The van der Waals surface area contributed by atoms with Gasteiger partial charge >= 0.3 is 5.97 Å². The van der Waals surface area contributed by atoms with Crippen LogP contribution in [0, 0.1) is 0 Å². The third-order valence-corrected chi connectivity index (χ3v) is 1.70. The monoisotopic (exact) mass is 204 g/mol. The third-order valence-electron chi connectivity index (χ3n) is 1.70. The number of carbonyl (C=O) groups is 1. The van der Waals surface area contributed by atoms with E-state index in [0.717, 1.165) is 6.08 Å². The Bertz CT molecular complexity index is 180. The minimum absolute atomic E-state index is 0.0510. The lowest BCUT2D eigenvalue weighted by Crippen LogP contribution is -2.34. The van der Waals surface area contributed by atoms with Crippen LogP contribution < -0.4 is 0 Å². The van der Waals surface area contributed by atoms with Crippen molar-refractivity contribution in [3.8, 4) is 0 Å². The van der Waals surface area contributed by atoms with Gasteiger partial charge in [-0.1, -0.05) is 6.58 Å². The number of ether oxygens (including phenoxy) is 1. The second kappa shape index (κ2) is 7.49. The second-order valence-corrected chi connectivity index (χ2v) is 2.80. The maximum Gasteiger partial charge on any atom is 0.330 e. The standard InChI is InChI=1S/C9H16O5/c1-2-9(13)14-8(6-11)7(12)4-3-5-10/h2,7-8,10-12H,1,3-6H2. The Balaban J connectivity index is 3.97. The highest BCUT2D eigenvalue weighted by atomic mass is 16.6. The minimum atomic E-state index is -0.962. The molecule has 0 saturated heterocycles. The van der Waals surface area contributed by atoms with Crippen molar-refractivity contribution in [3.05, 3.63) is 12.7 Å². The van der Waals surface area contributed by atoms with Crippen LogP contribution in [-0.2, 0) is 9.53 Å². The van der Waals surface area contributed by atoms with Crippen LogP contribution in [-0.4, -0.2) is 46.7 Å². The van der Waals surface area contributed by atoms with Gasteiger partial charge in [-0.2, -0.15) is 0 Å². The van der Waals surface area contributed by atoms with Crippen LogP contribution in [0.4, 0.5) is 0 Å². The first-order valence-corrected chi connectivity index (χ1v) is 4.38. The van der Waals surface area contributed by atoms with E-state index in [0.29, 0.717) is 6.42 Å². The van der Waals surface area contributed by atoms with Crippen LogP contribution >= 0.6 is 0 Å². The minimum Gasteiger partial charge on any atom is -0.454 e. The van der Waals surface area contributed by atoms with Gasteiger partial charge in [0.1, 0.15) is 0 Å². The van der Waals surface area contributed by atoms with E-state index in [-0.39, 0.29) is 13.0 Å². The van der Waals surface area contributed by atoms with Crippen molar-refractivity contribution >= 4 is 5.97 Å². The van der Waals surface area contributed by atoms with E-state index in [9.17, 15) is 9.90 Å². The van der Waals surface area contributed by atoms with Crippen molar-refractivity contribution in [2.45, 2.75) is 25.0 Å². The van der Waals surface area contributed by atoms with Crippen LogP contribution in [0.15, 0.2) is 12.7 Å². The second-order valence-electron chi connectivity index (χ2n) is 2.80. The van der Waals surface area contributed by atoms with Gasteiger partial charge in [0.2, 0.25) is 0 Å². The number of aliphatic hydroxyl groups is 3. The molecule has 0 radical (unpaired) electrons. The molecule has 0 rings (SSSR count). The Morgan fingerprint density at radius 1 is 1.50 bits per heavy atom. The summed E-state index contributed by atoms with van der Waals surface area (Å²) in [4.78, 5) is 10.7. The lowest BCUT2D eigenvalue weighted by Gasteiger charge is -2.20. The van der Waals surface area contributed by atoms with Crippen LogP contribution in [0.25, 0.3) is 0 Å². The van der Waals surface area contributed by atoms with Gasteiger partial charge in [-0.25, -0.2) is 4.79 Å². The molecule has 0 saturated carbocycles. The van der Waals surface area contributed by atoms with E-state index in [1.54, 1.807) is 0 Å². The third kappa shape index (κ3) is 4.96. The number of rotatable bonds is 7. The first-order valence-electron chi connectivity index (χ1n) is 4.38. The molecule has 3 N–H and O–H groups in total. The summed E-state index contributed by atoms with van der Waals surface area (Å²) in [5, 5.41) is 26.7. The molecule has 0 aromatic carbocycles. The van der Waals surface area contributed by atoms with E-state index in [1.165, 1.54) is 0 Å². The van der Waals surface area contributed by atoms with Gasteiger partial charge in [0, 0.05) is 12.7 Å². The Morgan fingerprint density at radius 3 is 2.57 bits per heavy atom. The van der Waals surface area contributed by atoms with Crippen molar-refractivity contribution in [2.75, 3.05) is 13.2 Å². The van der Waals surface area contributed by atoms with Crippen LogP contribution in [0.2, 0.25) is 0 Å². The van der Waals surface area contributed by atoms with Crippen molar-refractivity contribution in [1.29, 1.82) is 0 Å². The Kier molecular flexibility index (Phi) is 7.00. The fraction of sp³-hybridized carbons (Fsp3) is 0.667. The molecule has 0 heterocycles. The highest BCUT2D eigenvalue weighted by Crippen LogP contribution is 2.06. The molecule has 0 aromatic heterocycles. The number of carbonyl (C=O) groups excluding carboxylic acids is 1. The largest absolute Gasteiger partial charge is 0.454 e. The van der Waals surface area contributed by atoms with Gasteiger partial charge in [-0.3, -0.25) is 0 Å².